The van der Waals surface area contributed by atoms with Crippen molar-refractivity contribution < 1.29 is 0 Å². The average molecular weight is 423 g/mol. The summed E-state index contributed by atoms with van der Waals surface area (Å²) in [6, 6.07) is 0. The molecule has 0 aliphatic rings. The summed E-state index contributed by atoms with van der Waals surface area (Å²) in [5.74, 6) is 1.89. The Balaban J connectivity index is 3.28. The Morgan fingerprint density at radius 1 is 0.333 bits per heavy atom. The van der Waals surface area contributed by atoms with Gasteiger partial charge in [-0.2, -0.15) is 0 Å². The molecule has 0 radical (unpaired) electrons. The Morgan fingerprint density at radius 3 is 0.833 bits per heavy atom. The smallest absolute Gasteiger partial charge is 0.0440 e. The highest BCUT2D eigenvalue weighted by atomic mass is 14.1. The van der Waals surface area contributed by atoms with Crippen LogP contribution in [0.25, 0.3) is 0 Å². The lowest BCUT2D eigenvalue weighted by atomic mass is 9.89. The Bertz CT molecular complexity index is 294. The second-order valence-electron chi connectivity index (χ2n) is 10.7. The van der Waals surface area contributed by atoms with Crippen molar-refractivity contribution in [1.29, 1.82) is 0 Å². The van der Waals surface area contributed by atoms with Crippen molar-refractivity contribution >= 4 is 0 Å². The van der Waals surface area contributed by atoms with Crippen LogP contribution in [-0.2, 0) is 0 Å². The lowest BCUT2D eigenvalue weighted by Crippen LogP contribution is -2.03. The maximum atomic E-state index is 2.51. The second kappa shape index (κ2) is 25.3. The second-order valence-corrected chi connectivity index (χ2v) is 10.7. The first-order chi connectivity index (χ1) is 14.7. The minimum absolute atomic E-state index is 0.946. The topological polar surface area (TPSA) is 0 Å². The predicted molar refractivity (Wildman–Crippen MR) is 140 cm³/mol. The van der Waals surface area contributed by atoms with Crippen LogP contribution in [0.3, 0.4) is 0 Å². The maximum absolute atomic E-state index is 2.51. The minimum Gasteiger partial charge on any atom is -0.0654 e. The van der Waals surface area contributed by atoms with Crippen molar-refractivity contribution in [1.82, 2.24) is 0 Å². The predicted octanol–water partition coefficient (Wildman–Crippen LogP) is 11.7. The van der Waals surface area contributed by atoms with Crippen LogP contribution in [0.2, 0.25) is 0 Å². The molecule has 2 unspecified atom stereocenters. The van der Waals surface area contributed by atoms with Crippen LogP contribution in [0.4, 0.5) is 0 Å². The van der Waals surface area contributed by atoms with Crippen LogP contribution in [0.1, 0.15) is 182 Å². The molecule has 0 rings (SSSR count). The third kappa shape index (κ3) is 24.3. The van der Waals surface area contributed by atoms with Gasteiger partial charge in [0.05, 0.1) is 0 Å². The minimum atomic E-state index is 0.946. The molecule has 0 aromatic rings. The van der Waals surface area contributed by atoms with Gasteiger partial charge in [-0.15, -0.1) is 0 Å². The summed E-state index contributed by atoms with van der Waals surface area (Å²) >= 11 is 0. The molecule has 2 atom stereocenters. The van der Waals surface area contributed by atoms with Gasteiger partial charge in [0, 0.05) is 0 Å². The molecule has 30 heavy (non-hydrogen) atoms. The molecule has 0 bridgehead atoms. The summed E-state index contributed by atoms with van der Waals surface area (Å²) in [7, 11) is 0. The number of hydrogen-bond donors (Lipinski definition) is 0. The van der Waals surface area contributed by atoms with E-state index < -0.39 is 0 Å². The Labute approximate surface area is 193 Å². The zero-order valence-corrected chi connectivity index (χ0v) is 22.1. The Hall–Kier alpha value is 0. The van der Waals surface area contributed by atoms with Crippen molar-refractivity contribution in [3.63, 3.8) is 0 Å². The standard InChI is InChI=1S/C30H62/c1-5-7-9-11-13-15-16-17-19-21-23-25-27-30(4)28-29(3)26-24-22-20-18-14-12-10-8-6-2/h29-30H,5-28H2,1-4H3. The number of rotatable bonds is 25. The van der Waals surface area contributed by atoms with Crippen LogP contribution < -0.4 is 0 Å². The highest BCUT2D eigenvalue weighted by Gasteiger charge is 2.08. The zero-order valence-electron chi connectivity index (χ0n) is 22.1. The van der Waals surface area contributed by atoms with Gasteiger partial charge in [0.25, 0.3) is 0 Å². The maximum Gasteiger partial charge on any atom is -0.0440 e. The van der Waals surface area contributed by atoms with Crippen LogP contribution in [0.15, 0.2) is 0 Å². The van der Waals surface area contributed by atoms with Gasteiger partial charge < -0.3 is 0 Å². The van der Waals surface area contributed by atoms with E-state index in [1.54, 1.807) is 0 Å². The van der Waals surface area contributed by atoms with Crippen molar-refractivity contribution in [2.24, 2.45) is 11.8 Å². The van der Waals surface area contributed by atoms with Crippen LogP contribution in [0.5, 0.6) is 0 Å². The van der Waals surface area contributed by atoms with Crippen molar-refractivity contribution in [3.8, 4) is 0 Å². The fourth-order valence-electron chi connectivity index (χ4n) is 5.06. The monoisotopic (exact) mass is 422 g/mol. The fourth-order valence-corrected chi connectivity index (χ4v) is 5.06. The quantitative estimate of drug-likeness (QED) is 0.128. The molecule has 0 amide bonds. The Kier molecular flexibility index (Phi) is 25.3. The van der Waals surface area contributed by atoms with Crippen molar-refractivity contribution in [3.05, 3.63) is 0 Å². The lowest BCUT2D eigenvalue weighted by molar-refractivity contribution is 0.356. The molecule has 0 heteroatoms. The summed E-state index contributed by atoms with van der Waals surface area (Å²) in [5, 5.41) is 0. The van der Waals surface area contributed by atoms with Crippen LogP contribution in [-0.4, -0.2) is 0 Å². The summed E-state index contributed by atoms with van der Waals surface area (Å²) in [6.07, 6.45) is 35.2. The first kappa shape index (κ1) is 30.0. The molecule has 0 fully saturated rings. The van der Waals surface area contributed by atoms with Gasteiger partial charge >= 0.3 is 0 Å². The Morgan fingerprint density at radius 2 is 0.567 bits per heavy atom. The van der Waals surface area contributed by atoms with E-state index in [2.05, 4.69) is 27.7 Å². The van der Waals surface area contributed by atoms with Gasteiger partial charge in [0.2, 0.25) is 0 Å². The molecule has 0 aliphatic carbocycles. The molecule has 0 aliphatic heterocycles. The van der Waals surface area contributed by atoms with Crippen LogP contribution in [0, 0.1) is 11.8 Å². The molecule has 0 aromatic heterocycles. The summed E-state index contributed by atoms with van der Waals surface area (Å²) in [5.41, 5.74) is 0. The molecular formula is C30H62. The first-order valence-corrected chi connectivity index (χ1v) is 14.7. The highest BCUT2D eigenvalue weighted by molar-refractivity contribution is 4.61. The summed E-state index contributed by atoms with van der Waals surface area (Å²) < 4.78 is 0. The van der Waals surface area contributed by atoms with E-state index in [9.17, 15) is 0 Å². The molecule has 0 nitrogen and oxygen atoms in total. The van der Waals surface area contributed by atoms with Gasteiger partial charge in [0.15, 0.2) is 0 Å². The number of unbranched alkanes of at least 4 members (excludes halogenated alkanes) is 19. The molecule has 0 saturated carbocycles. The first-order valence-electron chi connectivity index (χ1n) is 14.7. The molecule has 0 spiro atoms. The normalized spacial score (nSPS) is 13.6. The van der Waals surface area contributed by atoms with E-state index >= 15 is 0 Å². The molecule has 0 aromatic carbocycles. The summed E-state index contributed by atoms with van der Waals surface area (Å²) in [4.78, 5) is 0. The van der Waals surface area contributed by atoms with E-state index in [0.29, 0.717) is 0 Å². The van der Waals surface area contributed by atoms with Gasteiger partial charge in [-0.1, -0.05) is 175 Å². The molecule has 182 valence electrons. The average Bonchev–Trinajstić information content (AvgIpc) is 2.73. The lowest BCUT2D eigenvalue weighted by Gasteiger charge is -2.17. The van der Waals surface area contributed by atoms with E-state index in [-0.39, 0.29) is 0 Å². The van der Waals surface area contributed by atoms with Gasteiger partial charge in [0.1, 0.15) is 0 Å². The third-order valence-corrected chi connectivity index (χ3v) is 7.16. The van der Waals surface area contributed by atoms with Crippen molar-refractivity contribution in [2.75, 3.05) is 0 Å². The third-order valence-electron chi connectivity index (χ3n) is 7.16. The molecule has 0 N–H and O–H groups in total. The van der Waals surface area contributed by atoms with E-state index in [0.717, 1.165) is 11.8 Å². The largest absolute Gasteiger partial charge is 0.0654 e. The van der Waals surface area contributed by atoms with Gasteiger partial charge in [-0.3, -0.25) is 0 Å². The summed E-state index contributed by atoms with van der Waals surface area (Å²) in [6.45, 7) is 9.62. The van der Waals surface area contributed by atoms with Crippen LogP contribution >= 0.6 is 0 Å². The van der Waals surface area contributed by atoms with E-state index in [1.807, 2.05) is 0 Å². The van der Waals surface area contributed by atoms with Crippen molar-refractivity contribution in [2.45, 2.75) is 182 Å². The highest BCUT2D eigenvalue weighted by Crippen LogP contribution is 2.23. The van der Waals surface area contributed by atoms with E-state index in [4.69, 9.17) is 0 Å². The molecular weight excluding hydrogens is 360 g/mol. The fraction of sp³-hybridized carbons (Fsp3) is 1.00. The van der Waals surface area contributed by atoms with E-state index in [1.165, 1.54) is 154 Å². The number of hydrogen-bond acceptors (Lipinski definition) is 0. The van der Waals surface area contributed by atoms with Gasteiger partial charge in [-0.05, 0) is 18.3 Å². The SMILES string of the molecule is CCCCCCCCCCCCCCC(C)CC(C)CCCCCCCCCCC. The molecule has 0 saturated heterocycles. The van der Waals surface area contributed by atoms with Gasteiger partial charge in [-0.25, -0.2) is 0 Å². The zero-order chi connectivity index (χ0) is 22.1. The molecule has 0 heterocycles.